The summed E-state index contributed by atoms with van der Waals surface area (Å²) in [5.74, 6) is 1.63. The molecule has 0 bridgehead atoms. The van der Waals surface area contributed by atoms with Crippen LogP contribution in [0.1, 0.15) is 141 Å². The van der Waals surface area contributed by atoms with Crippen molar-refractivity contribution in [3.63, 3.8) is 0 Å². The maximum atomic E-state index is 6.54. The highest BCUT2D eigenvalue weighted by Crippen LogP contribution is 2.55. The van der Waals surface area contributed by atoms with Gasteiger partial charge in [0.15, 0.2) is 0 Å². The molecule has 0 saturated heterocycles. The quantitative estimate of drug-likeness (QED) is 0.156. The predicted molar refractivity (Wildman–Crippen MR) is 181 cm³/mol. The smallest absolute Gasteiger partial charge is 0.122 e. The average Bonchev–Trinajstić information content (AvgIpc) is 3.30. The Balaban J connectivity index is 1.66. The van der Waals surface area contributed by atoms with Crippen LogP contribution in [0.5, 0.6) is 0 Å². The summed E-state index contributed by atoms with van der Waals surface area (Å²) in [7, 11) is 1.81. The largest absolute Gasteiger partial charge is 0.496 e. The Morgan fingerprint density at radius 2 is 1.48 bits per heavy atom. The third-order valence-electron chi connectivity index (χ3n) is 10.0. The minimum atomic E-state index is 0.102. The third-order valence-corrected chi connectivity index (χ3v) is 10.0. The van der Waals surface area contributed by atoms with Crippen LogP contribution in [0.4, 0.5) is 0 Å². The van der Waals surface area contributed by atoms with Crippen LogP contribution in [0.3, 0.4) is 0 Å². The van der Waals surface area contributed by atoms with E-state index in [9.17, 15) is 0 Å². The lowest BCUT2D eigenvalue weighted by Gasteiger charge is -2.33. The van der Waals surface area contributed by atoms with Crippen molar-refractivity contribution in [1.29, 1.82) is 0 Å². The van der Waals surface area contributed by atoms with Gasteiger partial charge >= 0.3 is 0 Å². The molecule has 0 heterocycles. The SMILES string of the molecule is CCCCCCC1(CCCCCC)c2ccccc2-c2ccc(C3=C(OC)C=CC(OCC(CC)CCCC)C3)cc21. The first-order chi connectivity index (χ1) is 20.6. The Morgan fingerprint density at radius 3 is 2.14 bits per heavy atom. The molecule has 0 fully saturated rings. The van der Waals surface area contributed by atoms with Gasteiger partial charge in [0.2, 0.25) is 0 Å². The van der Waals surface area contributed by atoms with Crippen molar-refractivity contribution >= 4 is 5.57 Å². The van der Waals surface area contributed by atoms with Crippen LogP contribution < -0.4 is 0 Å². The fourth-order valence-electron chi connectivity index (χ4n) is 7.40. The van der Waals surface area contributed by atoms with Gasteiger partial charge in [-0.3, -0.25) is 0 Å². The van der Waals surface area contributed by atoms with Gasteiger partial charge in [-0.05, 0) is 65.1 Å². The summed E-state index contributed by atoms with van der Waals surface area (Å²) in [6.45, 7) is 10.1. The van der Waals surface area contributed by atoms with Crippen LogP contribution >= 0.6 is 0 Å². The van der Waals surface area contributed by atoms with E-state index in [0.717, 1.165) is 18.8 Å². The Labute approximate surface area is 258 Å². The summed E-state index contributed by atoms with van der Waals surface area (Å²) in [6.07, 6.45) is 23.3. The molecule has 2 unspecified atom stereocenters. The van der Waals surface area contributed by atoms with Gasteiger partial charge in [-0.2, -0.15) is 0 Å². The molecule has 0 radical (unpaired) electrons. The van der Waals surface area contributed by atoms with E-state index in [0.29, 0.717) is 5.92 Å². The highest BCUT2D eigenvalue weighted by Gasteiger charge is 2.42. The van der Waals surface area contributed by atoms with Crippen LogP contribution in [-0.2, 0) is 14.9 Å². The molecule has 2 aromatic carbocycles. The summed E-state index contributed by atoms with van der Waals surface area (Å²) >= 11 is 0. The first-order valence-electron chi connectivity index (χ1n) is 17.4. The van der Waals surface area contributed by atoms with E-state index in [1.807, 2.05) is 7.11 Å². The zero-order valence-corrected chi connectivity index (χ0v) is 27.5. The number of benzene rings is 2. The van der Waals surface area contributed by atoms with E-state index in [4.69, 9.17) is 9.47 Å². The number of rotatable bonds is 19. The van der Waals surface area contributed by atoms with E-state index in [1.54, 1.807) is 11.1 Å². The van der Waals surface area contributed by atoms with Gasteiger partial charge in [0.25, 0.3) is 0 Å². The number of fused-ring (bicyclic) bond motifs is 3. The second-order valence-corrected chi connectivity index (χ2v) is 12.9. The van der Waals surface area contributed by atoms with Crippen LogP contribution in [0.2, 0.25) is 0 Å². The molecule has 0 spiro atoms. The molecule has 42 heavy (non-hydrogen) atoms. The van der Waals surface area contributed by atoms with E-state index in [2.05, 4.69) is 82.3 Å². The number of methoxy groups -OCH3 is 1. The fourth-order valence-corrected chi connectivity index (χ4v) is 7.40. The van der Waals surface area contributed by atoms with Gasteiger partial charge in [0, 0.05) is 17.4 Å². The molecule has 0 aliphatic heterocycles. The topological polar surface area (TPSA) is 18.5 Å². The van der Waals surface area contributed by atoms with E-state index >= 15 is 0 Å². The minimum absolute atomic E-state index is 0.102. The molecule has 4 rings (SSSR count). The lowest BCUT2D eigenvalue weighted by atomic mass is 9.70. The maximum Gasteiger partial charge on any atom is 0.122 e. The molecule has 2 nitrogen and oxygen atoms in total. The second-order valence-electron chi connectivity index (χ2n) is 12.9. The van der Waals surface area contributed by atoms with Crippen molar-refractivity contribution in [2.45, 2.75) is 136 Å². The van der Waals surface area contributed by atoms with Gasteiger partial charge in [-0.1, -0.05) is 141 Å². The molecule has 0 saturated carbocycles. The Morgan fingerprint density at radius 1 is 0.786 bits per heavy atom. The van der Waals surface area contributed by atoms with Crippen molar-refractivity contribution in [3.8, 4) is 11.1 Å². The average molecular weight is 571 g/mol. The van der Waals surface area contributed by atoms with E-state index < -0.39 is 0 Å². The molecule has 2 aromatic rings. The van der Waals surface area contributed by atoms with E-state index in [1.165, 1.54) is 112 Å². The summed E-state index contributed by atoms with van der Waals surface area (Å²) in [5, 5.41) is 0. The molecule has 2 heteroatoms. The van der Waals surface area contributed by atoms with Crippen molar-refractivity contribution in [2.24, 2.45) is 5.92 Å². The van der Waals surface area contributed by atoms with Crippen molar-refractivity contribution < 1.29 is 9.47 Å². The Bertz CT molecular complexity index is 1160. The molecule has 2 aliphatic carbocycles. The highest BCUT2D eigenvalue weighted by molar-refractivity contribution is 5.84. The molecule has 2 atom stereocenters. The lowest BCUT2D eigenvalue weighted by Crippen LogP contribution is -2.26. The predicted octanol–water partition coefficient (Wildman–Crippen LogP) is 11.8. The van der Waals surface area contributed by atoms with Gasteiger partial charge in [-0.25, -0.2) is 0 Å². The van der Waals surface area contributed by atoms with Gasteiger partial charge in [0.05, 0.1) is 19.8 Å². The summed E-state index contributed by atoms with van der Waals surface area (Å²) in [4.78, 5) is 0. The molecular formula is C40H58O2. The van der Waals surface area contributed by atoms with Crippen LogP contribution in [0.15, 0.2) is 60.4 Å². The zero-order valence-electron chi connectivity index (χ0n) is 27.5. The van der Waals surface area contributed by atoms with Crippen LogP contribution in [-0.4, -0.2) is 19.8 Å². The minimum Gasteiger partial charge on any atom is -0.496 e. The maximum absolute atomic E-state index is 6.54. The standard InChI is InChI=1S/C40H58O2/c1-6-10-13-17-26-40(27-18-14-11-7-2)37-21-16-15-20-34(37)35-24-22-32(28-38(35)40)36-29-33(23-25-39(36)41-5)42-30-31(9-4)19-12-8-3/h15-16,20-25,28,31,33H,6-14,17-19,26-27,29-30H2,1-5H3. The molecule has 0 N–H and O–H groups in total. The molecule has 2 aliphatic rings. The monoisotopic (exact) mass is 570 g/mol. The van der Waals surface area contributed by atoms with Gasteiger partial charge in [-0.15, -0.1) is 0 Å². The number of unbranched alkanes of at least 4 members (excludes halogenated alkanes) is 7. The summed E-state index contributed by atoms with van der Waals surface area (Å²) in [5.41, 5.74) is 8.71. The first-order valence-corrected chi connectivity index (χ1v) is 17.4. The molecule has 0 amide bonds. The zero-order chi connectivity index (χ0) is 29.8. The second kappa shape index (κ2) is 16.5. The Kier molecular flexibility index (Phi) is 12.8. The first kappa shape index (κ1) is 32.6. The number of ether oxygens (including phenoxy) is 2. The number of allylic oxidation sites excluding steroid dienone is 1. The van der Waals surface area contributed by atoms with Gasteiger partial charge in [0.1, 0.15) is 5.76 Å². The number of hydrogen-bond acceptors (Lipinski definition) is 2. The Hall–Kier alpha value is -2.32. The highest BCUT2D eigenvalue weighted by atomic mass is 16.5. The summed E-state index contributed by atoms with van der Waals surface area (Å²) in [6, 6.07) is 16.6. The van der Waals surface area contributed by atoms with Crippen molar-refractivity contribution in [3.05, 3.63) is 77.1 Å². The van der Waals surface area contributed by atoms with Crippen LogP contribution in [0.25, 0.3) is 16.7 Å². The van der Waals surface area contributed by atoms with Crippen molar-refractivity contribution in [2.75, 3.05) is 13.7 Å². The summed E-state index contributed by atoms with van der Waals surface area (Å²) < 4.78 is 12.5. The molecular weight excluding hydrogens is 512 g/mol. The normalized spacial score (nSPS) is 17.8. The molecule has 230 valence electrons. The number of hydrogen-bond donors (Lipinski definition) is 0. The fraction of sp³-hybridized carbons (Fsp3) is 0.600. The lowest BCUT2D eigenvalue weighted by molar-refractivity contribution is 0.0542. The van der Waals surface area contributed by atoms with Crippen LogP contribution in [0, 0.1) is 5.92 Å². The van der Waals surface area contributed by atoms with E-state index in [-0.39, 0.29) is 11.5 Å². The third kappa shape index (κ3) is 7.60. The molecule has 0 aromatic heterocycles. The van der Waals surface area contributed by atoms with Crippen molar-refractivity contribution in [1.82, 2.24) is 0 Å². The van der Waals surface area contributed by atoms with Gasteiger partial charge < -0.3 is 9.47 Å².